The van der Waals surface area contributed by atoms with Gasteiger partial charge in [0.2, 0.25) is 11.8 Å². The van der Waals surface area contributed by atoms with E-state index in [4.69, 9.17) is 22.3 Å². The van der Waals surface area contributed by atoms with Gasteiger partial charge in [0.05, 0.1) is 24.2 Å². The van der Waals surface area contributed by atoms with Gasteiger partial charge in [-0.1, -0.05) is 0 Å². The van der Waals surface area contributed by atoms with E-state index in [1.807, 2.05) is 0 Å². The van der Waals surface area contributed by atoms with E-state index in [9.17, 15) is 0 Å². The van der Waals surface area contributed by atoms with Gasteiger partial charge in [0.1, 0.15) is 12.7 Å². The van der Waals surface area contributed by atoms with E-state index in [0.717, 1.165) is 0 Å². The standard InChI is InChI=1S/C18H8N6O2.2C5H3N2.2Pt/c1-3-21-15(25-17-11-19-5-7-23-17)9-13(1)14-2-4-22-16(10-14)26-18-12-20-6-8-24-18;2*1-2-7-4-3-6-5-7;;/h3-8,11-12H;2*3-5H;;/q-4;2*-1;;. The van der Waals surface area contributed by atoms with Crippen molar-refractivity contribution in [3.05, 3.63) is 124 Å². The first-order valence-electron chi connectivity index (χ1n) is 11.0. The molecular formula is C28H14N10O2Pt2-6. The summed E-state index contributed by atoms with van der Waals surface area (Å²) in [5.74, 6) is 1.05. The summed E-state index contributed by atoms with van der Waals surface area (Å²) in [5, 5.41) is 0. The Morgan fingerprint density at radius 1 is 0.595 bits per heavy atom. The Hall–Kier alpha value is -5.02. The molecular weight excluding hydrogens is 899 g/mol. The summed E-state index contributed by atoms with van der Waals surface area (Å²) in [5.41, 5.74) is 1.07. The molecule has 0 aromatic carbocycles. The van der Waals surface area contributed by atoms with Gasteiger partial charge in [-0.3, -0.25) is 19.9 Å². The second kappa shape index (κ2) is 18.3. The SMILES string of the molecule is [C-]#Cn1ccnc1.[C-]#Cn1ccnc1.[Pt].[Pt].[c-]1cnc(Oc2cnccn2)[c-]c1-c1[c-]cnc(Oc2cnccn2)[c-]1. The summed E-state index contributed by atoms with van der Waals surface area (Å²) in [6.45, 7) is 0. The van der Waals surface area contributed by atoms with E-state index in [1.54, 1.807) is 37.2 Å². The maximum absolute atomic E-state index is 6.53. The average Bonchev–Trinajstić information content (AvgIpc) is 3.74. The maximum Gasteiger partial charge on any atom is 0.237 e. The van der Waals surface area contributed by atoms with Crippen LogP contribution < -0.4 is 9.47 Å². The fourth-order valence-electron chi connectivity index (χ4n) is 2.56. The zero-order chi connectivity index (χ0) is 27.8. The molecule has 6 aromatic heterocycles. The summed E-state index contributed by atoms with van der Waals surface area (Å²) in [6.07, 6.45) is 34.6. The van der Waals surface area contributed by atoms with E-state index in [1.165, 1.54) is 59.0 Å². The molecule has 214 valence electrons. The second-order valence-electron chi connectivity index (χ2n) is 6.87. The summed E-state index contributed by atoms with van der Waals surface area (Å²) < 4.78 is 13.9. The molecule has 6 heterocycles. The van der Waals surface area contributed by atoms with Gasteiger partial charge in [-0.25, -0.2) is 32.0 Å². The third kappa shape index (κ3) is 10.9. The molecule has 0 spiro atoms. The molecule has 0 aliphatic heterocycles. The second-order valence-corrected chi connectivity index (χ2v) is 6.87. The zero-order valence-electron chi connectivity index (χ0n) is 21.0. The van der Waals surface area contributed by atoms with Crippen LogP contribution in [-0.2, 0) is 42.1 Å². The molecule has 6 aromatic rings. The van der Waals surface area contributed by atoms with E-state index in [0.29, 0.717) is 22.9 Å². The minimum Gasteiger partial charge on any atom is -0.669 e. The van der Waals surface area contributed by atoms with Gasteiger partial charge >= 0.3 is 0 Å². The van der Waals surface area contributed by atoms with Crippen LogP contribution in [0.2, 0.25) is 0 Å². The third-order valence-electron chi connectivity index (χ3n) is 4.24. The number of hydrogen-bond acceptors (Lipinski definition) is 10. The molecule has 0 saturated heterocycles. The molecule has 42 heavy (non-hydrogen) atoms. The normalized spacial score (nSPS) is 9.00. The van der Waals surface area contributed by atoms with Gasteiger partial charge in [-0.05, 0) is 0 Å². The van der Waals surface area contributed by atoms with Gasteiger partial charge in [0.15, 0.2) is 0 Å². The first-order valence-corrected chi connectivity index (χ1v) is 11.0. The molecule has 0 amide bonds. The van der Waals surface area contributed by atoms with Crippen molar-refractivity contribution in [2.45, 2.75) is 0 Å². The van der Waals surface area contributed by atoms with Crippen LogP contribution in [0.25, 0.3) is 11.1 Å². The molecule has 0 aliphatic carbocycles. The van der Waals surface area contributed by atoms with Crippen molar-refractivity contribution in [2.75, 3.05) is 0 Å². The Morgan fingerprint density at radius 3 is 1.36 bits per heavy atom. The third-order valence-corrected chi connectivity index (χ3v) is 4.24. The Morgan fingerprint density at radius 2 is 1.05 bits per heavy atom. The van der Waals surface area contributed by atoms with Gasteiger partial charge in [0.25, 0.3) is 0 Å². The molecule has 0 aliphatic rings. The topological polar surface area (TPSA) is 131 Å². The van der Waals surface area contributed by atoms with Crippen molar-refractivity contribution in [1.29, 1.82) is 0 Å². The molecule has 14 heteroatoms. The number of ether oxygens (including phenoxy) is 2. The molecule has 0 N–H and O–H groups in total. The van der Waals surface area contributed by atoms with Crippen LogP contribution >= 0.6 is 0 Å². The number of rotatable bonds is 5. The zero-order valence-corrected chi connectivity index (χ0v) is 25.5. The van der Waals surface area contributed by atoms with Gasteiger partial charge < -0.3 is 66.8 Å². The molecule has 0 bridgehead atoms. The van der Waals surface area contributed by atoms with Crippen LogP contribution in [0.5, 0.6) is 23.5 Å². The predicted octanol–water partition coefficient (Wildman–Crippen LogP) is 3.06. The Kier molecular flexibility index (Phi) is 14.5. The van der Waals surface area contributed by atoms with Crippen LogP contribution in [0, 0.1) is 49.2 Å². The van der Waals surface area contributed by atoms with Crippen molar-refractivity contribution in [2.24, 2.45) is 0 Å². The average molecular weight is 913 g/mol. The van der Waals surface area contributed by atoms with Crippen molar-refractivity contribution in [1.82, 2.24) is 49.0 Å². The number of aromatic nitrogens is 10. The van der Waals surface area contributed by atoms with E-state index >= 15 is 0 Å². The largest absolute Gasteiger partial charge is 0.669 e. The fourth-order valence-corrected chi connectivity index (χ4v) is 2.56. The predicted molar refractivity (Wildman–Crippen MR) is 137 cm³/mol. The quantitative estimate of drug-likeness (QED) is 0.188. The van der Waals surface area contributed by atoms with Crippen molar-refractivity contribution < 1.29 is 51.6 Å². The van der Waals surface area contributed by atoms with Crippen LogP contribution in [0.3, 0.4) is 0 Å². The Labute approximate surface area is 270 Å². The van der Waals surface area contributed by atoms with E-state index in [2.05, 4.69) is 76.2 Å². The molecule has 12 nitrogen and oxygen atoms in total. The van der Waals surface area contributed by atoms with Gasteiger partial charge in [-0.15, -0.1) is 12.4 Å². The molecule has 0 unspecified atom stereocenters. The van der Waals surface area contributed by atoms with Crippen molar-refractivity contribution in [3.63, 3.8) is 0 Å². The summed E-state index contributed by atoms with van der Waals surface area (Å²) in [7, 11) is 0. The smallest absolute Gasteiger partial charge is 0.237 e. The van der Waals surface area contributed by atoms with Crippen LogP contribution in [-0.4, -0.2) is 49.0 Å². The molecule has 0 fully saturated rings. The van der Waals surface area contributed by atoms with Crippen molar-refractivity contribution in [3.8, 4) is 46.7 Å². The minimum atomic E-state index is 0. The maximum atomic E-state index is 6.53. The summed E-state index contributed by atoms with van der Waals surface area (Å²) in [4.78, 5) is 31.4. The summed E-state index contributed by atoms with van der Waals surface area (Å²) in [6, 6.07) is 16.1. The van der Waals surface area contributed by atoms with Crippen molar-refractivity contribution >= 4 is 0 Å². The molecule has 0 radical (unpaired) electrons. The molecule has 0 saturated carbocycles. The number of pyridine rings is 2. The number of nitrogens with zero attached hydrogens (tertiary/aromatic N) is 10. The minimum absolute atomic E-state index is 0. The number of imidazole rings is 2. The summed E-state index contributed by atoms with van der Waals surface area (Å²) >= 11 is 0. The van der Waals surface area contributed by atoms with Crippen LogP contribution in [0.4, 0.5) is 0 Å². The molecule has 6 rings (SSSR count). The number of hydrogen-bond donors (Lipinski definition) is 0. The Balaban J connectivity index is 0.000000317. The van der Waals surface area contributed by atoms with Gasteiger partial charge in [0, 0.05) is 91.7 Å². The Bertz CT molecular complexity index is 1550. The van der Waals surface area contributed by atoms with Gasteiger partial charge in [-0.2, -0.15) is 0 Å². The molecule has 0 atom stereocenters. The monoisotopic (exact) mass is 912 g/mol. The fraction of sp³-hybridized carbons (Fsp3) is 0. The van der Waals surface area contributed by atoms with Crippen LogP contribution in [0.1, 0.15) is 0 Å². The first-order chi connectivity index (χ1) is 19.7. The first kappa shape index (κ1) is 33.2. The van der Waals surface area contributed by atoms with E-state index < -0.39 is 0 Å². The van der Waals surface area contributed by atoms with E-state index in [-0.39, 0.29) is 53.9 Å². The van der Waals surface area contributed by atoms with Crippen LogP contribution in [0.15, 0.2) is 87.0 Å².